The molecule has 0 aliphatic carbocycles. The number of hydrogen-bond donors (Lipinski definition) is 1. The molecular weight excluding hydrogens is 114 g/mol. The second-order valence-electron chi connectivity index (χ2n) is 1.91. The van der Waals surface area contributed by atoms with E-state index in [1.807, 2.05) is 0 Å². The van der Waals surface area contributed by atoms with Gasteiger partial charge in [-0.15, -0.1) is 0 Å². The van der Waals surface area contributed by atoms with E-state index in [-0.39, 0.29) is 0 Å². The third kappa shape index (κ3) is 5.21. The lowest BCUT2D eigenvalue weighted by atomic mass is 10.6. The Morgan fingerprint density at radius 2 is 2.22 bits per heavy atom. The molecule has 1 fully saturated rings. The van der Waals surface area contributed by atoms with E-state index in [0.717, 1.165) is 13.2 Å². The predicted octanol–water partition coefficient (Wildman–Crippen LogP) is 1.49. The van der Waals surface area contributed by atoms with Gasteiger partial charge in [0.05, 0.1) is 6.54 Å². The summed E-state index contributed by atoms with van der Waals surface area (Å²) in [5.41, 5.74) is 0. The van der Waals surface area contributed by atoms with Gasteiger partial charge in [0.15, 0.2) is 5.88 Å². The van der Waals surface area contributed by atoms with Crippen molar-refractivity contribution < 1.29 is 4.74 Å². The highest BCUT2D eigenvalue weighted by Crippen LogP contribution is 1.92. The Balaban J connectivity index is 0.000000187. The highest BCUT2D eigenvalue weighted by atomic mass is 16.5. The molecule has 54 valence electrons. The minimum absolute atomic E-state index is 0.704. The summed E-state index contributed by atoms with van der Waals surface area (Å²) in [6.45, 7) is 9.46. The van der Waals surface area contributed by atoms with Crippen molar-refractivity contribution in [2.75, 3.05) is 13.2 Å². The van der Waals surface area contributed by atoms with Crippen molar-refractivity contribution in [2.45, 2.75) is 20.3 Å². The molecule has 0 spiro atoms. The standard InChI is InChI=1S/C4H7NO.C3H8/c1-4-5-2-3-6-4;1-3-2/h5H,1-3H2;3H2,1-2H3. The normalized spacial score (nSPS) is 15.1. The van der Waals surface area contributed by atoms with E-state index in [4.69, 9.17) is 4.74 Å². The molecule has 2 nitrogen and oxygen atoms in total. The fourth-order valence-electron chi connectivity index (χ4n) is 0.416. The Labute approximate surface area is 56.9 Å². The molecule has 0 aromatic carbocycles. The molecule has 1 saturated heterocycles. The maximum absolute atomic E-state index is 4.85. The van der Waals surface area contributed by atoms with Crippen LogP contribution >= 0.6 is 0 Å². The van der Waals surface area contributed by atoms with Crippen LogP contribution in [0.5, 0.6) is 0 Å². The average Bonchev–Trinajstić information content (AvgIpc) is 2.20. The number of hydrogen-bond acceptors (Lipinski definition) is 2. The van der Waals surface area contributed by atoms with Gasteiger partial charge in [-0.3, -0.25) is 0 Å². The van der Waals surface area contributed by atoms with Crippen molar-refractivity contribution in [3.8, 4) is 0 Å². The minimum Gasteiger partial charge on any atom is -0.478 e. The molecule has 0 radical (unpaired) electrons. The molecule has 0 aromatic rings. The van der Waals surface area contributed by atoms with E-state index >= 15 is 0 Å². The average molecular weight is 129 g/mol. The van der Waals surface area contributed by atoms with Crippen molar-refractivity contribution in [1.82, 2.24) is 5.32 Å². The van der Waals surface area contributed by atoms with E-state index in [9.17, 15) is 0 Å². The molecule has 1 aliphatic rings. The Kier molecular flexibility index (Phi) is 5.07. The molecule has 0 bridgehead atoms. The zero-order valence-corrected chi connectivity index (χ0v) is 6.24. The summed E-state index contributed by atoms with van der Waals surface area (Å²) < 4.78 is 4.85. The Morgan fingerprint density at radius 3 is 2.33 bits per heavy atom. The number of rotatable bonds is 0. The van der Waals surface area contributed by atoms with Gasteiger partial charge in [-0.1, -0.05) is 20.3 Å². The largest absolute Gasteiger partial charge is 0.478 e. The number of nitrogens with one attached hydrogen (secondary N) is 1. The first-order chi connectivity index (χ1) is 4.31. The third-order valence-electron chi connectivity index (χ3n) is 0.701. The van der Waals surface area contributed by atoms with Crippen LogP contribution < -0.4 is 5.32 Å². The van der Waals surface area contributed by atoms with Gasteiger partial charge >= 0.3 is 0 Å². The van der Waals surface area contributed by atoms with Gasteiger partial charge in [0.2, 0.25) is 0 Å². The van der Waals surface area contributed by atoms with Crippen molar-refractivity contribution in [1.29, 1.82) is 0 Å². The van der Waals surface area contributed by atoms with Gasteiger partial charge in [-0.05, 0) is 6.58 Å². The summed E-state index contributed by atoms with van der Waals surface area (Å²) in [5.74, 6) is 0.704. The monoisotopic (exact) mass is 129 g/mol. The van der Waals surface area contributed by atoms with Gasteiger partial charge in [0, 0.05) is 0 Å². The first-order valence-electron chi connectivity index (χ1n) is 3.36. The molecule has 1 aliphatic heterocycles. The molecule has 1 N–H and O–H groups in total. The summed E-state index contributed by atoms with van der Waals surface area (Å²) >= 11 is 0. The highest BCUT2D eigenvalue weighted by molar-refractivity contribution is 4.82. The summed E-state index contributed by atoms with van der Waals surface area (Å²) in [4.78, 5) is 0. The molecular formula is C7H15NO. The Bertz CT molecular complexity index is 73.0. The summed E-state index contributed by atoms with van der Waals surface area (Å²) in [7, 11) is 0. The smallest absolute Gasteiger partial charge is 0.179 e. The SMILES string of the molecule is C=C1NCCO1.CCC. The summed E-state index contributed by atoms with van der Waals surface area (Å²) in [5, 5.41) is 2.90. The predicted molar refractivity (Wildman–Crippen MR) is 39.1 cm³/mol. The quantitative estimate of drug-likeness (QED) is 0.535. The van der Waals surface area contributed by atoms with E-state index in [0.29, 0.717) is 5.88 Å². The Morgan fingerprint density at radius 1 is 1.67 bits per heavy atom. The van der Waals surface area contributed by atoms with Gasteiger partial charge in [-0.25, -0.2) is 0 Å². The van der Waals surface area contributed by atoms with Crippen LogP contribution in [0, 0.1) is 0 Å². The van der Waals surface area contributed by atoms with Gasteiger partial charge < -0.3 is 10.1 Å². The van der Waals surface area contributed by atoms with E-state index in [2.05, 4.69) is 25.7 Å². The van der Waals surface area contributed by atoms with Crippen molar-refractivity contribution >= 4 is 0 Å². The molecule has 0 atom stereocenters. The van der Waals surface area contributed by atoms with Crippen molar-refractivity contribution in [3.05, 3.63) is 12.5 Å². The molecule has 0 aromatic heterocycles. The van der Waals surface area contributed by atoms with E-state index < -0.39 is 0 Å². The van der Waals surface area contributed by atoms with Gasteiger partial charge in [0.1, 0.15) is 6.61 Å². The van der Waals surface area contributed by atoms with Crippen LogP contribution in [0.4, 0.5) is 0 Å². The molecule has 0 unspecified atom stereocenters. The molecule has 9 heavy (non-hydrogen) atoms. The first-order valence-corrected chi connectivity index (χ1v) is 3.36. The maximum atomic E-state index is 4.85. The minimum atomic E-state index is 0.704. The molecule has 1 heterocycles. The van der Waals surface area contributed by atoms with Crippen LogP contribution in [0.3, 0.4) is 0 Å². The van der Waals surface area contributed by atoms with Crippen molar-refractivity contribution in [2.24, 2.45) is 0 Å². The highest BCUT2D eigenvalue weighted by Gasteiger charge is 1.98. The zero-order valence-electron chi connectivity index (χ0n) is 6.24. The van der Waals surface area contributed by atoms with Crippen LogP contribution in [0.1, 0.15) is 20.3 Å². The lowest BCUT2D eigenvalue weighted by Gasteiger charge is -1.88. The fraction of sp³-hybridized carbons (Fsp3) is 0.714. The molecule has 0 amide bonds. The van der Waals surface area contributed by atoms with E-state index in [1.54, 1.807) is 0 Å². The van der Waals surface area contributed by atoms with E-state index in [1.165, 1.54) is 6.42 Å². The maximum Gasteiger partial charge on any atom is 0.179 e. The van der Waals surface area contributed by atoms with Crippen LogP contribution in [0.2, 0.25) is 0 Å². The van der Waals surface area contributed by atoms with Crippen LogP contribution in [0.15, 0.2) is 12.5 Å². The first kappa shape index (κ1) is 8.34. The van der Waals surface area contributed by atoms with Gasteiger partial charge in [0.25, 0.3) is 0 Å². The lowest BCUT2D eigenvalue weighted by molar-refractivity contribution is 0.267. The van der Waals surface area contributed by atoms with Crippen LogP contribution in [-0.4, -0.2) is 13.2 Å². The Hall–Kier alpha value is -0.660. The molecule has 1 rings (SSSR count). The fourth-order valence-corrected chi connectivity index (χ4v) is 0.416. The second kappa shape index (κ2) is 5.48. The second-order valence-corrected chi connectivity index (χ2v) is 1.91. The van der Waals surface area contributed by atoms with Crippen LogP contribution in [-0.2, 0) is 4.74 Å². The lowest BCUT2D eigenvalue weighted by Crippen LogP contribution is -2.02. The van der Waals surface area contributed by atoms with Crippen LogP contribution in [0.25, 0.3) is 0 Å². The number of ether oxygens (including phenoxy) is 1. The summed E-state index contributed by atoms with van der Waals surface area (Å²) in [6, 6.07) is 0. The van der Waals surface area contributed by atoms with Crippen molar-refractivity contribution in [3.63, 3.8) is 0 Å². The molecule has 0 saturated carbocycles. The van der Waals surface area contributed by atoms with Gasteiger partial charge in [-0.2, -0.15) is 0 Å². The third-order valence-corrected chi connectivity index (χ3v) is 0.701. The zero-order chi connectivity index (χ0) is 7.11. The molecule has 2 heteroatoms. The topological polar surface area (TPSA) is 21.3 Å². The summed E-state index contributed by atoms with van der Waals surface area (Å²) in [6.07, 6.45) is 1.25.